The molecule has 2 aromatic rings. The molecule has 108 valence electrons. The van der Waals surface area contributed by atoms with Crippen LogP contribution in [0.15, 0.2) is 24.3 Å². The van der Waals surface area contributed by atoms with Crippen molar-refractivity contribution in [2.45, 2.75) is 31.6 Å². The van der Waals surface area contributed by atoms with Crippen molar-refractivity contribution in [1.29, 1.82) is 0 Å². The molecule has 0 bridgehead atoms. The van der Waals surface area contributed by atoms with Crippen molar-refractivity contribution in [2.24, 2.45) is 0 Å². The van der Waals surface area contributed by atoms with E-state index in [1.165, 1.54) is 18.4 Å². The smallest absolute Gasteiger partial charge is 0.134 e. The third kappa shape index (κ3) is 2.35. The molecule has 0 amide bonds. The van der Waals surface area contributed by atoms with Crippen LogP contribution in [-0.2, 0) is 6.42 Å². The predicted octanol–water partition coefficient (Wildman–Crippen LogP) is 3.39. The maximum absolute atomic E-state index is 5.92. The third-order valence-corrected chi connectivity index (χ3v) is 4.15. The highest BCUT2D eigenvalue weighted by atomic mass is 16.5. The number of rotatable bonds is 3. The minimum absolute atomic E-state index is 0.539. The molecule has 2 heterocycles. The van der Waals surface area contributed by atoms with E-state index in [-0.39, 0.29) is 0 Å². The first kappa shape index (κ1) is 12.6. The summed E-state index contributed by atoms with van der Waals surface area (Å²) in [7, 11) is 1.90. The van der Waals surface area contributed by atoms with Crippen LogP contribution in [-0.4, -0.2) is 23.6 Å². The van der Waals surface area contributed by atoms with Crippen molar-refractivity contribution >= 4 is 5.82 Å². The molecule has 1 aliphatic heterocycles. The van der Waals surface area contributed by atoms with Gasteiger partial charge in [0.05, 0.1) is 12.3 Å². The molecule has 1 aromatic heterocycles. The fraction of sp³-hybridized carbons (Fsp3) is 0.412. The summed E-state index contributed by atoms with van der Waals surface area (Å²) in [6.07, 6.45) is 4.59. The Labute approximate surface area is 124 Å². The van der Waals surface area contributed by atoms with Crippen molar-refractivity contribution in [2.75, 3.05) is 19.0 Å². The summed E-state index contributed by atoms with van der Waals surface area (Å²) < 4.78 is 5.92. The van der Waals surface area contributed by atoms with Crippen LogP contribution >= 0.6 is 0 Å². The predicted molar refractivity (Wildman–Crippen MR) is 82.8 cm³/mol. The summed E-state index contributed by atoms with van der Waals surface area (Å²) in [6, 6.07) is 8.36. The molecule has 2 aliphatic rings. The summed E-state index contributed by atoms with van der Waals surface area (Å²) in [6.45, 7) is 0.795. The van der Waals surface area contributed by atoms with Gasteiger partial charge in [-0.25, -0.2) is 9.97 Å². The quantitative estimate of drug-likeness (QED) is 0.936. The lowest BCUT2D eigenvalue weighted by molar-refractivity contribution is 0.289. The highest BCUT2D eigenvalue weighted by Gasteiger charge is 2.28. The summed E-state index contributed by atoms with van der Waals surface area (Å²) in [5, 5.41) is 3.15. The molecule has 1 N–H and O–H groups in total. The minimum Gasteiger partial charge on any atom is -0.493 e. The molecule has 1 aromatic carbocycles. The Morgan fingerprint density at radius 3 is 2.95 bits per heavy atom. The standard InChI is InChI=1S/C17H19N3O/c1-18-15-10-14(19-17(20-15)12-7-8-12)13-6-2-4-11-5-3-9-21-16(11)13/h2,4,6,10,12H,3,5,7-9H2,1H3,(H,18,19,20). The van der Waals surface area contributed by atoms with E-state index < -0.39 is 0 Å². The highest BCUT2D eigenvalue weighted by molar-refractivity contribution is 5.71. The number of aromatic nitrogens is 2. The van der Waals surface area contributed by atoms with Gasteiger partial charge in [0.25, 0.3) is 0 Å². The number of para-hydroxylation sites is 1. The van der Waals surface area contributed by atoms with E-state index >= 15 is 0 Å². The van der Waals surface area contributed by atoms with E-state index in [2.05, 4.69) is 28.5 Å². The maximum Gasteiger partial charge on any atom is 0.134 e. The molecular formula is C17H19N3O. The molecule has 0 radical (unpaired) electrons. The molecule has 1 saturated carbocycles. The zero-order chi connectivity index (χ0) is 14.2. The van der Waals surface area contributed by atoms with E-state index in [0.717, 1.165) is 48.1 Å². The molecule has 0 saturated heterocycles. The number of fused-ring (bicyclic) bond motifs is 1. The number of aryl methyl sites for hydroxylation is 1. The summed E-state index contributed by atoms with van der Waals surface area (Å²) in [5.41, 5.74) is 3.35. The number of benzene rings is 1. The molecular weight excluding hydrogens is 262 g/mol. The minimum atomic E-state index is 0.539. The molecule has 1 fully saturated rings. The van der Waals surface area contributed by atoms with Crippen LogP contribution in [0, 0.1) is 0 Å². The van der Waals surface area contributed by atoms with Gasteiger partial charge >= 0.3 is 0 Å². The van der Waals surface area contributed by atoms with E-state index in [9.17, 15) is 0 Å². The Morgan fingerprint density at radius 1 is 1.24 bits per heavy atom. The van der Waals surface area contributed by atoms with E-state index in [0.29, 0.717) is 5.92 Å². The number of ether oxygens (including phenoxy) is 1. The van der Waals surface area contributed by atoms with Crippen molar-refractivity contribution < 1.29 is 4.74 Å². The van der Waals surface area contributed by atoms with Gasteiger partial charge in [-0.1, -0.05) is 12.1 Å². The van der Waals surface area contributed by atoms with Crippen LogP contribution in [0.2, 0.25) is 0 Å². The number of nitrogens with one attached hydrogen (secondary N) is 1. The van der Waals surface area contributed by atoms with Gasteiger partial charge < -0.3 is 10.1 Å². The first-order valence-corrected chi connectivity index (χ1v) is 7.67. The lowest BCUT2D eigenvalue weighted by Gasteiger charge is -2.20. The normalized spacial score (nSPS) is 17.0. The molecule has 4 heteroatoms. The average Bonchev–Trinajstić information content (AvgIpc) is 3.39. The lowest BCUT2D eigenvalue weighted by atomic mass is 10.0. The Bertz CT molecular complexity index is 680. The molecule has 0 spiro atoms. The molecule has 4 nitrogen and oxygen atoms in total. The van der Waals surface area contributed by atoms with Gasteiger partial charge in [0.2, 0.25) is 0 Å². The van der Waals surface area contributed by atoms with Gasteiger partial charge in [-0.2, -0.15) is 0 Å². The zero-order valence-electron chi connectivity index (χ0n) is 12.2. The number of hydrogen-bond donors (Lipinski definition) is 1. The van der Waals surface area contributed by atoms with Crippen LogP contribution < -0.4 is 10.1 Å². The largest absolute Gasteiger partial charge is 0.493 e. The van der Waals surface area contributed by atoms with Crippen molar-refractivity contribution in [1.82, 2.24) is 9.97 Å². The second-order valence-electron chi connectivity index (χ2n) is 5.77. The Morgan fingerprint density at radius 2 is 2.14 bits per heavy atom. The van der Waals surface area contributed by atoms with Gasteiger partial charge in [0.15, 0.2) is 0 Å². The summed E-state index contributed by atoms with van der Waals surface area (Å²) >= 11 is 0. The van der Waals surface area contributed by atoms with Crippen molar-refractivity contribution in [3.05, 3.63) is 35.7 Å². The third-order valence-electron chi connectivity index (χ3n) is 4.15. The number of hydrogen-bond acceptors (Lipinski definition) is 4. The van der Waals surface area contributed by atoms with Gasteiger partial charge in [0, 0.05) is 24.6 Å². The second kappa shape index (κ2) is 5.02. The molecule has 1 aliphatic carbocycles. The van der Waals surface area contributed by atoms with Gasteiger partial charge in [-0.15, -0.1) is 0 Å². The fourth-order valence-electron chi connectivity index (χ4n) is 2.85. The first-order valence-electron chi connectivity index (χ1n) is 7.67. The zero-order valence-corrected chi connectivity index (χ0v) is 12.2. The van der Waals surface area contributed by atoms with Crippen molar-refractivity contribution in [3.8, 4) is 17.0 Å². The molecule has 21 heavy (non-hydrogen) atoms. The monoisotopic (exact) mass is 281 g/mol. The molecule has 0 atom stereocenters. The Balaban J connectivity index is 1.84. The van der Waals surface area contributed by atoms with E-state index in [4.69, 9.17) is 9.72 Å². The maximum atomic E-state index is 5.92. The van der Waals surface area contributed by atoms with Crippen LogP contribution in [0.4, 0.5) is 5.82 Å². The Kier molecular flexibility index (Phi) is 3.02. The van der Waals surface area contributed by atoms with Crippen LogP contribution in [0.1, 0.15) is 36.6 Å². The highest BCUT2D eigenvalue weighted by Crippen LogP contribution is 2.41. The summed E-state index contributed by atoms with van der Waals surface area (Å²) in [5.74, 6) is 3.39. The summed E-state index contributed by atoms with van der Waals surface area (Å²) in [4.78, 5) is 9.38. The van der Waals surface area contributed by atoms with Gasteiger partial charge in [0.1, 0.15) is 17.4 Å². The van der Waals surface area contributed by atoms with E-state index in [1.54, 1.807) is 0 Å². The fourth-order valence-corrected chi connectivity index (χ4v) is 2.85. The van der Waals surface area contributed by atoms with E-state index in [1.807, 2.05) is 13.1 Å². The second-order valence-corrected chi connectivity index (χ2v) is 5.77. The first-order chi connectivity index (χ1) is 10.3. The Hall–Kier alpha value is -2.10. The van der Waals surface area contributed by atoms with Crippen LogP contribution in [0.5, 0.6) is 5.75 Å². The molecule has 4 rings (SSSR count). The topological polar surface area (TPSA) is 47.0 Å². The SMILES string of the molecule is CNc1cc(-c2cccc3c2OCCC3)nc(C2CC2)n1. The van der Waals surface area contributed by atoms with Gasteiger partial charge in [-0.3, -0.25) is 0 Å². The van der Waals surface area contributed by atoms with Crippen molar-refractivity contribution in [3.63, 3.8) is 0 Å². The van der Waals surface area contributed by atoms with Gasteiger partial charge in [-0.05, 0) is 37.3 Å². The van der Waals surface area contributed by atoms with Crippen LogP contribution in [0.3, 0.4) is 0 Å². The average molecular weight is 281 g/mol. The number of anilines is 1. The lowest BCUT2D eigenvalue weighted by Crippen LogP contribution is -2.10. The van der Waals surface area contributed by atoms with Crippen LogP contribution in [0.25, 0.3) is 11.3 Å². The molecule has 0 unspecified atom stereocenters. The number of nitrogens with zero attached hydrogens (tertiary/aromatic N) is 2.